The molecular formula is C26H45NO. The third-order valence-electron chi connectivity index (χ3n) is 2.84. The summed E-state index contributed by atoms with van der Waals surface area (Å²) in [4.78, 5) is 0. The van der Waals surface area contributed by atoms with Crippen molar-refractivity contribution in [1.82, 2.24) is 5.32 Å². The molecule has 1 aliphatic rings. The zero-order valence-electron chi connectivity index (χ0n) is 20.1. The van der Waals surface area contributed by atoms with Crippen molar-refractivity contribution < 1.29 is 4.74 Å². The third kappa shape index (κ3) is 13.9. The zero-order valence-corrected chi connectivity index (χ0v) is 20.1. The molecule has 1 aromatic rings. The van der Waals surface area contributed by atoms with Gasteiger partial charge in [0.1, 0.15) is 6.26 Å². The lowest BCUT2D eigenvalue weighted by Gasteiger charge is -2.13. The molecule has 2 rings (SSSR count). The van der Waals surface area contributed by atoms with Gasteiger partial charge >= 0.3 is 0 Å². The monoisotopic (exact) mass is 387 g/mol. The summed E-state index contributed by atoms with van der Waals surface area (Å²) in [6, 6.07) is 10.1. The second-order valence-corrected chi connectivity index (χ2v) is 5.38. The maximum Gasteiger partial charge on any atom is 0.195 e. The van der Waals surface area contributed by atoms with Crippen LogP contribution in [0.25, 0.3) is 0 Å². The van der Waals surface area contributed by atoms with Crippen LogP contribution in [0, 0.1) is 0 Å². The lowest BCUT2D eigenvalue weighted by molar-refractivity contribution is 0.154. The van der Waals surface area contributed by atoms with Crippen molar-refractivity contribution in [3.8, 4) is 0 Å². The first-order chi connectivity index (χ1) is 13.6. The molecule has 2 heteroatoms. The quantitative estimate of drug-likeness (QED) is 0.521. The Morgan fingerprint density at radius 1 is 0.964 bits per heavy atom. The fraction of sp³-hybridized carbons (Fsp3) is 0.462. The van der Waals surface area contributed by atoms with Crippen LogP contribution in [-0.4, -0.2) is 0 Å². The van der Waals surface area contributed by atoms with E-state index in [2.05, 4.69) is 45.7 Å². The van der Waals surface area contributed by atoms with Crippen LogP contribution >= 0.6 is 0 Å². The Hall–Kier alpha value is -2.22. The topological polar surface area (TPSA) is 21.3 Å². The number of allylic oxidation sites excluding steroid dienone is 4. The molecule has 0 radical (unpaired) electrons. The lowest BCUT2D eigenvalue weighted by Crippen LogP contribution is -2.16. The SMILES string of the molecule is C=C/C(=C\C=C(C)C)C1=COC(c2ccccc2)N1.CC.CC.CC.CCC. The first kappa shape index (κ1) is 30.5. The molecule has 1 aliphatic heterocycles. The molecule has 1 heterocycles. The van der Waals surface area contributed by atoms with Crippen molar-refractivity contribution in [3.63, 3.8) is 0 Å². The molecule has 160 valence electrons. The van der Waals surface area contributed by atoms with Gasteiger partial charge in [-0.15, -0.1) is 0 Å². The Morgan fingerprint density at radius 2 is 1.46 bits per heavy atom. The predicted octanol–water partition coefficient (Wildman–Crippen LogP) is 8.72. The van der Waals surface area contributed by atoms with E-state index in [0.717, 1.165) is 16.8 Å². The van der Waals surface area contributed by atoms with E-state index in [1.807, 2.05) is 84.0 Å². The van der Waals surface area contributed by atoms with Gasteiger partial charge in [-0.25, -0.2) is 0 Å². The van der Waals surface area contributed by atoms with Gasteiger partial charge in [0.25, 0.3) is 0 Å². The van der Waals surface area contributed by atoms with Crippen LogP contribution in [0.5, 0.6) is 0 Å². The van der Waals surface area contributed by atoms with Gasteiger partial charge in [-0.2, -0.15) is 0 Å². The van der Waals surface area contributed by atoms with Crippen molar-refractivity contribution in [3.05, 3.63) is 83.8 Å². The third-order valence-corrected chi connectivity index (χ3v) is 2.84. The Bertz CT molecular complexity index is 549. The summed E-state index contributed by atoms with van der Waals surface area (Å²) in [5, 5.41) is 3.35. The van der Waals surface area contributed by atoms with Gasteiger partial charge in [0.2, 0.25) is 0 Å². The molecular weight excluding hydrogens is 342 g/mol. The minimum Gasteiger partial charge on any atom is -0.472 e. The highest BCUT2D eigenvalue weighted by Crippen LogP contribution is 2.25. The first-order valence-corrected chi connectivity index (χ1v) is 10.8. The lowest BCUT2D eigenvalue weighted by atomic mass is 10.1. The molecule has 0 saturated heterocycles. The smallest absolute Gasteiger partial charge is 0.195 e. The van der Waals surface area contributed by atoms with Gasteiger partial charge in [-0.1, -0.05) is 123 Å². The number of nitrogens with one attached hydrogen (secondary N) is 1. The molecule has 0 aromatic heterocycles. The second kappa shape index (κ2) is 22.8. The summed E-state index contributed by atoms with van der Waals surface area (Å²) in [5.74, 6) is 0. The molecule has 0 fully saturated rings. The van der Waals surface area contributed by atoms with E-state index in [0.29, 0.717) is 0 Å². The summed E-state index contributed by atoms with van der Waals surface area (Å²) in [5.41, 5.74) is 4.35. The fourth-order valence-corrected chi connectivity index (χ4v) is 1.81. The van der Waals surface area contributed by atoms with Crippen LogP contribution < -0.4 is 5.32 Å². The molecule has 0 spiro atoms. The molecule has 0 amide bonds. The summed E-state index contributed by atoms with van der Waals surface area (Å²) in [7, 11) is 0. The number of hydrogen-bond acceptors (Lipinski definition) is 2. The maximum absolute atomic E-state index is 5.66. The highest BCUT2D eigenvalue weighted by atomic mass is 16.5. The van der Waals surface area contributed by atoms with Crippen molar-refractivity contribution >= 4 is 0 Å². The van der Waals surface area contributed by atoms with Gasteiger partial charge < -0.3 is 10.1 Å². The van der Waals surface area contributed by atoms with Gasteiger partial charge in [0.05, 0.1) is 5.70 Å². The van der Waals surface area contributed by atoms with Crippen LogP contribution in [0.3, 0.4) is 0 Å². The average molecular weight is 388 g/mol. The molecule has 0 aliphatic carbocycles. The van der Waals surface area contributed by atoms with Crippen LogP contribution in [0.1, 0.15) is 87.4 Å². The summed E-state index contributed by atoms with van der Waals surface area (Å²) < 4.78 is 5.66. The Morgan fingerprint density at radius 3 is 1.89 bits per heavy atom. The molecule has 1 atom stereocenters. The predicted molar refractivity (Wildman–Crippen MR) is 129 cm³/mol. The van der Waals surface area contributed by atoms with E-state index in [1.54, 1.807) is 6.26 Å². The fourth-order valence-electron chi connectivity index (χ4n) is 1.81. The van der Waals surface area contributed by atoms with Crippen molar-refractivity contribution in [2.24, 2.45) is 0 Å². The average Bonchev–Trinajstić information content (AvgIpc) is 3.24. The summed E-state index contributed by atoms with van der Waals surface area (Å²) in [6.45, 7) is 24.2. The van der Waals surface area contributed by atoms with Gasteiger partial charge in [0.15, 0.2) is 6.23 Å². The molecule has 0 bridgehead atoms. The van der Waals surface area contributed by atoms with Crippen LogP contribution in [0.15, 0.2) is 78.2 Å². The van der Waals surface area contributed by atoms with Crippen molar-refractivity contribution in [2.75, 3.05) is 0 Å². The molecule has 2 nitrogen and oxygen atoms in total. The molecule has 28 heavy (non-hydrogen) atoms. The van der Waals surface area contributed by atoms with Crippen molar-refractivity contribution in [2.45, 2.75) is 81.9 Å². The summed E-state index contributed by atoms with van der Waals surface area (Å²) in [6.07, 6.45) is 8.82. The Balaban J connectivity index is -0.000000604. The zero-order chi connectivity index (χ0) is 22.4. The van der Waals surface area contributed by atoms with Gasteiger partial charge in [0, 0.05) is 11.1 Å². The highest BCUT2D eigenvalue weighted by Gasteiger charge is 2.19. The highest BCUT2D eigenvalue weighted by molar-refractivity contribution is 5.41. The van der Waals surface area contributed by atoms with Crippen LogP contribution in [-0.2, 0) is 4.74 Å². The van der Waals surface area contributed by atoms with E-state index in [4.69, 9.17) is 4.74 Å². The first-order valence-electron chi connectivity index (χ1n) is 10.8. The van der Waals surface area contributed by atoms with E-state index >= 15 is 0 Å². The van der Waals surface area contributed by atoms with E-state index < -0.39 is 0 Å². The number of hydrogen-bond donors (Lipinski definition) is 1. The molecule has 1 aromatic carbocycles. The molecule has 1 unspecified atom stereocenters. The largest absolute Gasteiger partial charge is 0.472 e. The Labute approximate surface area is 176 Å². The van der Waals surface area contributed by atoms with Crippen molar-refractivity contribution in [1.29, 1.82) is 0 Å². The second-order valence-electron chi connectivity index (χ2n) is 5.38. The number of rotatable bonds is 4. The van der Waals surface area contributed by atoms with Gasteiger partial charge in [-0.3, -0.25) is 0 Å². The Kier molecular flexibility index (Phi) is 24.9. The normalized spacial score (nSPS) is 13.6. The number of benzene rings is 1. The van der Waals surface area contributed by atoms with Crippen LogP contribution in [0.4, 0.5) is 0 Å². The molecule has 0 saturated carbocycles. The maximum atomic E-state index is 5.66. The van der Waals surface area contributed by atoms with Gasteiger partial charge in [-0.05, 0) is 13.8 Å². The van der Waals surface area contributed by atoms with E-state index in [-0.39, 0.29) is 6.23 Å². The number of ether oxygens (including phenoxy) is 1. The standard InChI is InChI=1S/C17H19NO.C3H8.3C2H6/c1-4-14(11-10-13(2)3)16-12-19-17(18-16)15-8-6-5-7-9-15;1-3-2;3*1-2/h4-12,17-18H,1H2,2-3H3;3H2,1-2H3;3*1-2H3/b14-11+;;;;. The minimum atomic E-state index is -0.119. The summed E-state index contributed by atoms with van der Waals surface area (Å²) >= 11 is 0. The molecule has 1 N–H and O–H groups in total. The van der Waals surface area contributed by atoms with E-state index in [1.165, 1.54) is 12.0 Å². The van der Waals surface area contributed by atoms with Crippen LogP contribution in [0.2, 0.25) is 0 Å². The van der Waals surface area contributed by atoms with E-state index in [9.17, 15) is 0 Å². The minimum absolute atomic E-state index is 0.119.